The van der Waals surface area contributed by atoms with Crippen LogP contribution in [0.2, 0.25) is 0 Å². The zero-order valence-corrected chi connectivity index (χ0v) is 15.3. The Labute approximate surface area is 151 Å². The Bertz CT molecular complexity index is 665. The number of anilines is 2. The first-order chi connectivity index (χ1) is 11.9. The van der Waals surface area contributed by atoms with Crippen LogP contribution in [0.4, 0.5) is 16.2 Å². The summed E-state index contributed by atoms with van der Waals surface area (Å²) >= 11 is 1.51. The van der Waals surface area contributed by atoms with E-state index >= 15 is 0 Å². The van der Waals surface area contributed by atoms with Crippen LogP contribution in [0.5, 0.6) is 0 Å². The SMILES string of the molecule is CSCC[C@@H](NC(=O)N1c2ccccc2NC(=O)[C@H]1C(C)C)C(=O)O. The zero-order chi connectivity index (χ0) is 18.6. The fourth-order valence-electron chi connectivity index (χ4n) is 2.81. The van der Waals surface area contributed by atoms with Gasteiger partial charge in [-0.2, -0.15) is 11.8 Å². The number of thioether (sulfide) groups is 1. The van der Waals surface area contributed by atoms with Crippen molar-refractivity contribution in [2.24, 2.45) is 5.92 Å². The Kier molecular flexibility index (Phi) is 6.30. The molecule has 1 aromatic carbocycles. The van der Waals surface area contributed by atoms with E-state index in [1.165, 1.54) is 16.7 Å². The molecule has 0 bridgehead atoms. The lowest BCUT2D eigenvalue weighted by molar-refractivity contribution is -0.139. The first-order valence-electron chi connectivity index (χ1n) is 8.08. The van der Waals surface area contributed by atoms with E-state index in [1.54, 1.807) is 24.3 Å². The second-order valence-corrected chi connectivity index (χ2v) is 7.17. The minimum Gasteiger partial charge on any atom is -0.480 e. The molecule has 1 aliphatic rings. The number of carboxylic acid groups (broad SMARTS) is 1. The van der Waals surface area contributed by atoms with E-state index in [0.29, 0.717) is 23.5 Å². The van der Waals surface area contributed by atoms with Crippen LogP contribution in [0.3, 0.4) is 0 Å². The topological polar surface area (TPSA) is 98.7 Å². The molecule has 2 atom stereocenters. The molecule has 0 unspecified atom stereocenters. The number of amides is 3. The summed E-state index contributed by atoms with van der Waals surface area (Å²) in [5, 5.41) is 14.7. The highest BCUT2D eigenvalue weighted by molar-refractivity contribution is 7.98. The third-order valence-corrected chi connectivity index (χ3v) is 4.67. The van der Waals surface area contributed by atoms with Gasteiger partial charge in [-0.25, -0.2) is 9.59 Å². The average Bonchev–Trinajstić information content (AvgIpc) is 2.56. The number of rotatable bonds is 6. The van der Waals surface area contributed by atoms with Crippen LogP contribution >= 0.6 is 11.8 Å². The Morgan fingerprint density at radius 3 is 2.64 bits per heavy atom. The summed E-state index contributed by atoms with van der Waals surface area (Å²) < 4.78 is 0. The number of nitrogens with one attached hydrogen (secondary N) is 2. The molecule has 0 saturated heterocycles. The summed E-state index contributed by atoms with van der Waals surface area (Å²) in [5.41, 5.74) is 1.10. The van der Waals surface area contributed by atoms with Crippen molar-refractivity contribution in [3.63, 3.8) is 0 Å². The predicted molar refractivity (Wildman–Crippen MR) is 99.1 cm³/mol. The van der Waals surface area contributed by atoms with Gasteiger partial charge in [0.25, 0.3) is 0 Å². The van der Waals surface area contributed by atoms with Crippen molar-refractivity contribution in [3.8, 4) is 0 Å². The fraction of sp³-hybridized carbons (Fsp3) is 0.471. The number of nitrogens with zero attached hydrogens (tertiary/aromatic N) is 1. The molecule has 1 aromatic rings. The Morgan fingerprint density at radius 2 is 2.04 bits per heavy atom. The first kappa shape index (κ1) is 19.1. The Morgan fingerprint density at radius 1 is 1.36 bits per heavy atom. The van der Waals surface area contributed by atoms with Gasteiger partial charge in [0.15, 0.2) is 0 Å². The molecule has 8 heteroatoms. The Hall–Kier alpha value is -2.22. The summed E-state index contributed by atoms with van der Waals surface area (Å²) in [6, 6.07) is 4.72. The number of carboxylic acids is 1. The van der Waals surface area contributed by atoms with E-state index in [1.807, 2.05) is 20.1 Å². The maximum atomic E-state index is 12.9. The van der Waals surface area contributed by atoms with Crippen molar-refractivity contribution >= 4 is 41.0 Å². The van der Waals surface area contributed by atoms with E-state index in [9.17, 15) is 19.5 Å². The highest BCUT2D eigenvalue weighted by Crippen LogP contribution is 2.34. The van der Waals surface area contributed by atoms with E-state index in [2.05, 4.69) is 10.6 Å². The molecule has 1 aliphatic heterocycles. The smallest absolute Gasteiger partial charge is 0.326 e. The van der Waals surface area contributed by atoms with Gasteiger partial charge in [-0.1, -0.05) is 26.0 Å². The third kappa shape index (κ3) is 4.25. The van der Waals surface area contributed by atoms with Crippen molar-refractivity contribution in [2.75, 3.05) is 22.2 Å². The molecule has 0 aromatic heterocycles. The molecule has 3 amide bonds. The molecule has 0 aliphatic carbocycles. The standard InChI is InChI=1S/C17H23N3O4S/c1-10(2)14-15(21)18-11-6-4-5-7-13(11)20(14)17(24)19-12(16(22)23)8-9-25-3/h4-7,10,12,14H,8-9H2,1-3H3,(H,18,21)(H,19,24)(H,22,23)/t12-,14-/m1/s1. The van der Waals surface area contributed by atoms with Crippen molar-refractivity contribution < 1.29 is 19.5 Å². The maximum absolute atomic E-state index is 12.9. The van der Waals surface area contributed by atoms with Crippen LogP contribution in [-0.4, -0.2) is 47.1 Å². The van der Waals surface area contributed by atoms with Gasteiger partial charge in [0.05, 0.1) is 11.4 Å². The van der Waals surface area contributed by atoms with Crippen LogP contribution in [0, 0.1) is 5.92 Å². The molecule has 136 valence electrons. The monoisotopic (exact) mass is 365 g/mol. The summed E-state index contributed by atoms with van der Waals surface area (Å²) in [4.78, 5) is 38.1. The highest BCUT2D eigenvalue weighted by atomic mass is 32.2. The normalized spacial score (nSPS) is 17.7. The lowest BCUT2D eigenvalue weighted by Gasteiger charge is -2.38. The van der Waals surface area contributed by atoms with Crippen LogP contribution < -0.4 is 15.5 Å². The number of hydrogen-bond donors (Lipinski definition) is 3. The molecular weight excluding hydrogens is 342 g/mol. The lowest BCUT2D eigenvalue weighted by atomic mass is 9.98. The number of carbonyl (C=O) groups excluding carboxylic acids is 2. The van der Waals surface area contributed by atoms with Gasteiger partial charge < -0.3 is 15.7 Å². The molecule has 0 fully saturated rings. The molecule has 2 rings (SSSR count). The highest BCUT2D eigenvalue weighted by Gasteiger charge is 2.39. The number of urea groups is 1. The van der Waals surface area contributed by atoms with Crippen molar-refractivity contribution in [1.82, 2.24) is 5.32 Å². The molecule has 3 N–H and O–H groups in total. The van der Waals surface area contributed by atoms with Crippen LogP contribution in [0.15, 0.2) is 24.3 Å². The number of para-hydroxylation sites is 2. The summed E-state index contributed by atoms with van der Waals surface area (Å²) in [7, 11) is 0. The van der Waals surface area contributed by atoms with Gasteiger partial charge in [-0.15, -0.1) is 0 Å². The summed E-state index contributed by atoms with van der Waals surface area (Å²) in [6.07, 6.45) is 2.19. The maximum Gasteiger partial charge on any atom is 0.326 e. The van der Waals surface area contributed by atoms with Crippen LogP contribution in [-0.2, 0) is 9.59 Å². The van der Waals surface area contributed by atoms with Crippen molar-refractivity contribution in [1.29, 1.82) is 0 Å². The summed E-state index contributed by atoms with van der Waals surface area (Å²) in [6.45, 7) is 3.70. The molecule has 1 heterocycles. The number of benzene rings is 1. The fourth-order valence-corrected chi connectivity index (χ4v) is 3.28. The van der Waals surface area contributed by atoms with E-state index < -0.39 is 24.1 Å². The average molecular weight is 365 g/mol. The number of fused-ring (bicyclic) bond motifs is 1. The minimum absolute atomic E-state index is 0.131. The second kappa shape index (κ2) is 8.24. The second-order valence-electron chi connectivity index (χ2n) is 6.19. The number of aliphatic carboxylic acids is 1. The largest absolute Gasteiger partial charge is 0.480 e. The summed E-state index contributed by atoms with van der Waals surface area (Å²) in [5.74, 6) is -0.881. The third-order valence-electron chi connectivity index (χ3n) is 4.02. The van der Waals surface area contributed by atoms with E-state index in [0.717, 1.165) is 0 Å². The van der Waals surface area contributed by atoms with E-state index in [4.69, 9.17) is 0 Å². The minimum atomic E-state index is -1.08. The molecule has 0 spiro atoms. The van der Waals surface area contributed by atoms with E-state index in [-0.39, 0.29) is 11.8 Å². The van der Waals surface area contributed by atoms with Gasteiger partial charge in [-0.3, -0.25) is 9.69 Å². The van der Waals surface area contributed by atoms with Crippen LogP contribution in [0.1, 0.15) is 20.3 Å². The predicted octanol–water partition coefficient (Wildman–Crippen LogP) is 2.39. The quantitative estimate of drug-likeness (QED) is 0.719. The van der Waals surface area contributed by atoms with Gasteiger partial charge in [-0.05, 0) is 36.5 Å². The van der Waals surface area contributed by atoms with Crippen LogP contribution in [0.25, 0.3) is 0 Å². The molecule has 0 radical (unpaired) electrons. The zero-order valence-electron chi connectivity index (χ0n) is 14.5. The van der Waals surface area contributed by atoms with Gasteiger partial charge in [0.2, 0.25) is 5.91 Å². The van der Waals surface area contributed by atoms with Crippen molar-refractivity contribution in [2.45, 2.75) is 32.4 Å². The molecule has 7 nitrogen and oxygen atoms in total. The molecule has 25 heavy (non-hydrogen) atoms. The van der Waals surface area contributed by atoms with Crippen molar-refractivity contribution in [3.05, 3.63) is 24.3 Å². The van der Waals surface area contributed by atoms with Gasteiger partial charge in [0.1, 0.15) is 12.1 Å². The van der Waals surface area contributed by atoms with Gasteiger partial charge in [0, 0.05) is 0 Å². The lowest BCUT2D eigenvalue weighted by Crippen LogP contribution is -2.58. The molecular formula is C17H23N3O4S. The first-order valence-corrected chi connectivity index (χ1v) is 9.47. The number of hydrogen-bond acceptors (Lipinski definition) is 4. The molecule has 0 saturated carbocycles. The van der Waals surface area contributed by atoms with Gasteiger partial charge >= 0.3 is 12.0 Å². The Balaban J connectivity index is 2.33. The number of carbonyl (C=O) groups is 3.